The third kappa shape index (κ3) is 2.96. The lowest BCUT2D eigenvalue weighted by Crippen LogP contribution is -2.24. The van der Waals surface area contributed by atoms with Crippen molar-refractivity contribution in [1.82, 2.24) is 8.87 Å². The predicted octanol–water partition coefficient (Wildman–Crippen LogP) is 1.88. The summed E-state index contributed by atoms with van der Waals surface area (Å²) in [6, 6.07) is 10.9. The average molecular weight is 332 g/mol. The topological polar surface area (TPSA) is 69.3 Å². The number of benzene rings is 1. The SMILES string of the molecule is CN(C)c1cc(-c2ccc(C#N)n2C)ccc1S(=O)(=O)N(C)C. The summed E-state index contributed by atoms with van der Waals surface area (Å²) >= 11 is 0. The van der Waals surface area contributed by atoms with Crippen molar-refractivity contribution >= 4 is 15.7 Å². The molecule has 6 nitrogen and oxygen atoms in total. The highest BCUT2D eigenvalue weighted by atomic mass is 32.2. The molecule has 0 aliphatic rings. The van der Waals surface area contributed by atoms with Gasteiger partial charge in [-0.1, -0.05) is 6.07 Å². The highest BCUT2D eigenvalue weighted by Crippen LogP contribution is 2.31. The van der Waals surface area contributed by atoms with Gasteiger partial charge in [-0.15, -0.1) is 0 Å². The lowest BCUT2D eigenvalue weighted by atomic mass is 10.1. The van der Waals surface area contributed by atoms with Crippen molar-refractivity contribution in [2.24, 2.45) is 7.05 Å². The van der Waals surface area contributed by atoms with Crippen molar-refractivity contribution in [3.05, 3.63) is 36.0 Å². The average Bonchev–Trinajstić information content (AvgIpc) is 2.87. The molecule has 0 atom stereocenters. The Labute approximate surface area is 137 Å². The first-order valence-electron chi connectivity index (χ1n) is 7.00. The van der Waals surface area contributed by atoms with Crippen LogP contribution in [0, 0.1) is 11.3 Å². The zero-order valence-corrected chi connectivity index (χ0v) is 14.7. The molecule has 2 aromatic rings. The molecule has 0 amide bonds. The van der Waals surface area contributed by atoms with Crippen LogP contribution < -0.4 is 4.90 Å². The lowest BCUT2D eigenvalue weighted by molar-refractivity contribution is 0.521. The van der Waals surface area contributed by atoms with Gasteiger partial charge in [0.1, 0.15) is 16.7 Å². The van der Waals surface area contributed by atoms with E-state index in [1.807, 2.05) is 19.2 Å². The van der Waals surface area contributed by atoms with E-state index in [-0.39, 0.29) is 4.90 Å². The molecule has 1 aromatic heterocycles. The van der Waals surface area contributed by atoms with Crippen LogP contribution in [0.1, 0.15) is 5.69 Å². The Kier molecular flexibility index (Phi) is 4.50. The van der Waals surface area contributed by atoms with Crippen LogP contribution in [0.2, 0.25) is 0 Å². The molecule has 0 aliphatic heterocycles. The Morgan fingerprint density at radius 2 is 1.74 bits per heavy atom. The van der Waals surface area contributed by atoms with Crippen LogP contribution in [0.3, 0.4) is 0 Å². The van der Waals surface area contributed by atoms with E-state index in [0.717, 1.165) is 11.3 Å². The molecule has 1 aromatic carbocycles. The molecule has 0 N–H and O–H groups in total. The minimum Gasteiger partial charge on any atom is -0.377 e. The van der Waals surface area contributed by atoms with Gasteiger partial charge in [0.05, 0.1) is 5.69 Å². The Morgan fingerprint density at radius 1 is 1.09 bits per heavy atom. The van der Waals surface area contributed by atoms with Gasteiger partial charge in [-0.2, -0.15) is 5.26 Å². The minimum atomic E-state index is -3.53. The first kappa shape index (κ1) is 17.1. The van der Waals surface area contributed by atoms with Gasteiger partial charge in [-0.05, 0) is 24.3 Å². The van der Waals surface area contributed by atoms with Crippen molar-refractivity contribution in [2.75, 3.05) is 33.1 Å². The number of rotatable bonds is 4. The van der Waals surface area contributed by atoms with E-state index >= 15 is 0 Å². The maximum atomic E-state index is 12.5. The number of aromatic nitrogens is 1. The van der Waals surface area contributed by atoms with Crippen LogP contribution in [0.15, 0.2) is 35.2 Å². The van der Waals surface area contributed by atoms with E-state index in [4.69, 9.17) is 5.26 Å². The number of hydrogen-bond acceptors (Lipinski definition) is 4. The summed E-state index contributed by atoms with van der Waals surface area (Å²) in [4.78, 5) is 2.03. The van der Waals surface area contributed by atoms with Gasteiger partial charge in [-0.25, -0.2) is 12.7 Å². The molecule has 0 aliphatic carbocycles. The van der Waals surface area contributed by atoms with Gasteiger partial charge < -0.3 is 9.47 Å². The Balaban J connectivity index is 2.66. The first-order chi connectivity index (χ1) is 10.7. The Hall–Kier alpha value is -2.30. The second kappa shape index (κ2) is 6.07. The van der Waals surface area contributed by atoms with Crippen LogP contribution in [-0.2, 0) is 17.1 Å². The minimum absolute atomic E-state index is 0.256. The molecule has 23 heavy (non-hydrogen) atoms. The normalized spacial score (nSPS) is 11.5. The molecule has 1 heterocycles. The Bertz CT molecular complexity index is 874. The number of anilines is 1. The van der Waals surface area contributed by atoms with Crippen LogP contribution in [0.5, 0.6) is 0 Å². The standard InChI is InChI=1S/C16H20N4O2S/c1-18(2)15-10-12(14-8-7-13(11-17)20(14)5)6-9-16(15)23(21,22)19(3)4/h6-10H,1-5H3. The third-order valence-electron chi connectivity index (χ3n) is 3.73. The molecule has 0 spiro atoms. The van der Waals surface area contributed by atoms with E-state index in [1.54, 1.807) is 41.8 Å². The molecular formula is C16H20N4O2S. The number of nitriles is 1. The molecule has 0 fully saturated rings. The Morgan fingerprint density at radius 3 is 2.22 bits per heavy atom. The summed E-state index contributed by atoms with van der Waals surface area (Å²) in [5, 5.41) is 9.07. The van der Waals surface area contributed by atoms with Gasteiger partial charge in [-0.3, -0.25) is 0 Å². The summed E-state index contributed by atoms with van der Waals surface area (Å²) in [7, 11) is 4.92. The van der Waals surface area contributed by atoms with E-state index in [0.29, 0.717) is 11.4 Å². The maximum Gasteiger partial charge on any atom is 0.244 e. The second-order valence-electron chi connectivity index (χ2n) is 5.64. The van der Waals surface area contributed by atoms with Crippen molar-refractivity contribution in [3.63, 3.8) is 0 Å². The number of nitrogens with zero attached hydrogens (tertiary/aromatic N) is 4. The van der Waals surface area contributed by atoms with E-state index in [2.05, 4.69) is 6.07 Å². The highest BCUT2D eigenvalue weighted by Gasteiger charge is 2.23. The zero-order valence-electron chi connectivity index (χ0n) is 13.9. The molecule has 122 valence electrons. The zero-order chi connectivity index (χ0) is 17.4. The monoisotopic (exact) mass is 332 g/mol. The van der Waals surface area contributed by atoms with Gasteiger partial charge in [0.25, 0.3) is 0 Å². The third-order valence-corrected chi connectivity index (χ3v) is 5.59. The van der Waals surface area contributed by atoms with Crippen molar-refractivity contribution in [2.45, 2.75) is 4.90 Å². The van der Waals surface area contributed by atoms with Crippen LogP contribution >= 0.6 is 0 Å². The lowest BCUT2D eigenvalue weighted by Gasteiger charge is -2.21. The molecule has 0 saturated heterocycles. The van der Waals surface area contributed by atoms with Gasteiger partial charge >= 0.3 is 0 Å². The van der Waals surface area contributed by atoms with Crippen LogP contribution in [0.4, 0.5) is 5.69 Å². The summed E-state index contributed by atoms with van der Waals surface area (Å²) < 4.78 is 27.9. The summed E-state index contributed by atoms with van der Waals surface area (Å²) in [5.41, 5.74) is 2.88. The summed E-state index contributed by atoms with van der Waals surface area (Å²) in [6.07, 6.45) is 0. The predicted molar refractivity (Wildman–Crippen MR) is 90.8 cm³/mol. The van der Waals surface area contributed by atoms with Crippen LogP contribution in [0.25, 0.3) is 11.3 Å². The van der Waals surface area contributed by atoms with Crippen molar-refractivity contribution < 1.29 is 8.42 Å². The summed E-state index contributed by atoms with van der Waals surface area (Å²) in [6.45, 7) is 0. The maximum absolute atomic E-state index is 12.5. The molecule has 2 rings (SSSR count). The van der Waals surface area contributed by atoms with Gasteiger partial charge in [0.15, 0.2) is 0 Å². The van der Waals surface area contributed by atoms with Crippen molar-refractivity contribution in [1.29, 1.82) is 5.26 Å². The fourth-order valence-electron chi connectivity index (χ4n) is 2.35. The van der Waals surface area contributed by atoms with E-state index in [9.17, 15) is 8.42 Å². The van der Waals surface area contributed by atoms with Gasteiger partial charge in [0, 0.05) is 46.5 Å². The van der Waals surface area contributed by atoms with E-state index in [1.165, 1.54) is 18.4 Å². The second-order valence-corrected chi connectivity index (χ2v) is 7.76. The highest BCUT2D eigenvalue weighted by molar-refractivity contribution is 7.89. The molecular weight excluding hydrogens is 312 g/mol. The van der Waals surface area contributed by atoms with Crippen LogP contribution in [-0.4, -0.2) is 45.5 Å². The molecule has 0 saturated carbocycles. The molecule has 7 heteroatoms. The first-order valence-corrected chi connectivity index (χ1v) is 8.44. The fraction of sp³-hybridized carbons (Fsp3) is 0.312. The van der Waals surface area contributed by atoms with E-state index < -0.39 is 10.0 Å². The summed E-state index contributed by atoms with van der Waals surface area (Å²) in [5.74, 6) is 0. The fourth-order valence-corrected chi connectivity index (χ4v) is 3.49. The molecule has 0 bridgehead atoms. The molecule has 0 radical (unpaired) electrons. The molecule has 0 unspecified atom stereocenters. The largest absolute Gasteiger partial charge is 0.377 e. The quantitative estimate of drug-likeness (QED) is 0.857. The smallest absolute Gasteiger partial charge is 0.244 e. The number of sulfonamides is 1. The van der Waals surface area contributed by atoms with Gasteiger partial charge in [0.2, 0.25) is 10.0 Å². The van der Waals surface area contributed by atoms with Crippen molar-refractivity contribution in [3.8, 4) is 17.3 Å². The number of hydrogen-bond donors (Lipinski definition) is 0.